The van der Waals surface area contributed by atoms with Gasteiger partial charge in [0.25, 0.3) is 0 Å². The molecule has 0 bridgehead atoms. The molecule has 1 atom stereocenters. The van der Waals surface area contributed by atoms with E-state index >= 15 is 0 Å². The van der Waals surface area contributed by atoms with Crippen LogP contribution in [0, 0.1) is 0 Å². The van der Waals surface area contributed by atoms with Crippen LogP contribution in [0.3, 0.4) is 0 Å². The van der Waals surface area contributed by atoms with Crippen molar-refractivity contribution >= 4 is 91.0 Å². The molecule has 1 aromatic carbocycles. The van der Waals surface area contributed by atoms with Crippen LogP contribution in [0.4, 0.5) is 0 Å². The third-order valence-corrected chi connectivity index (χ3v) is 6.29. The number of H-pyrrole nitrogens is 1. The van der Waals surface area contributed by atoms with Crippen LogP contribution in [0.1, 0.15) is 48.8 Å². The second-order valence-corrected chi connectivity index (χ2v) is 8.44. The molecule has 0 aliphatic heterocycles. The Morgan fingerprint density at radius 3 is 2.53 bits per heavy atom. The third-order valence-electron chi connectivity index (χ3n) is 6.29. The predicted octanol–water partition coefficient (Wildman–Crippen LogP) is -3.66. The van der Waals surface area contributed by atoms with E-state index in [0.717, 1.165) is 61.2 Å². The van der Waals surface area contributed by atoms with Crippen molar-refractivity contribution in [1.29, 1.82) is 0 Å². The number of benzene rings is 1. The number of nitrogens with zero attached hydrogens (tertiary/aromatic N) is 3. The molecule has 1 aliphatic carbocycles. The summed E-state index contributed by atoms with van der Waals surface area (Å²) in [6, 6.07) is 1.81. The van der Waals surface area contributed by atoms with Crippen molar-refractivity contribution in [2.45, 2.75) is 44.7 Å². The SMILES string of the molecule is [B]c1cc2[nH]c(CN(CCCCN)[C@H]3CCCc4c3nc([B])c([B])c4[B])nc2c([B])c1[B]. The summed E-state index contributed by atoms with van der Waals surface area (Å²) in [4.78, 5) is 15.0. The number of imidazole rings is 1. The maximum atomic E-state index is 6.30. The van der Waals surface area contributed by atoms with Gasteiger partial charge >= 0.3 is 0 Å². The van der Waals surface area contributed by atoms with Gasteiger partial charge in [0, 0.05) is 0 Å². The van der Waals surface area contributed by atoms with Crippen LogP contribution in [-0.4, -0.2) is 80.0 Å². The van der Waals surface area contributed by atoms with E-state index in [1.165, 1.54) is 0 Å². The zero-order valence-corrected chi connectivity index (χ0v) is 18.2. The molecule has 148 valence electrons. The van der Waals surface area contributed by atoms with Crippen molar-refractivity contribution < 1.29 is 0 Å². The first-order valence-corrected chi connectivity index (χ1v) is 10.9. The molecule has 0 unspecified atom stereocenters. The van der Waals surface area contributed by atoms with Gasteiger partial charge < -0.3 is 10.7 Å². The highest BCUT2D eigenvalue weighted by atomic mass is 15.2. The number of fused-ring (bicyclic) bond motifs is 2. The molecule has 4 rings (SSSR count). The maximum Gasteiger partial charge on any atom is 0.140 e. The van der Waals surface area contributed by atoms with Gasteiger partial charge in [-0.15, -0.1) is 10.9 Å². The third kappa shape index (κ3) is 4.34. The predicted molar refractivity (Wildman–Crippen MR) is 137 cm³/mol. The van der Waals surface area contributed by atoms with Crippen LogP contribution in [0.2, 0.25) is 0 Å². The van der Waals surface area contributed by atoms with Crippen LogP contribution < -0.4 is 38.6 Å². The largest absolute Gasteiger partial charge is 0.341 e. The molecule has 0 fully saturated rings. The first kappa shape index (κ1) is 23.3. The lowest BCUT2D eigenvalue weighted by Gasteiger charge is -2.36. The van der Waals surface area contributed by atoms with Crippen molar-refractivity contribution in [3.63, 3.8) is 0 Å². The summed E-state index contributed by atoms with van der Waals surface area (Å²) in [7, 11) is 36.5. The highest BCUT2D eigenvalue weighted by Gasteiger charge is 2.29. The number of pyridine rings is 1. The van der Waals surface area contributed by atoms with Crippen LogP contribution in [-0.2, 0) is 13.0 Å². The molecule has 3 aromatic rings. The van der Waals surface area contributed by atoms with Gasteiger partial charge in [0.1, 0.15) is 52.9 Å². The lowest BCUT2D eigenvalue weighted by atomic mass is 9.70. The molecule has 5 nitrogen and oxygen atoms in total. The fourth-order valence-corrected chi connectivity index (χ4v) is 4.53. The van der Waals surface area contributed by atoms with Crippen LogP contribution in [0.25, 0.3) is 11.0 Å². The van der Waals surface area contributed by atoms with Crippen molar-refractivity contribution in [2.75, 3.05) is 13.1 Å². The Bertz CT molecular complexity index is 1150. The van der Waals surface area contributed by atoms with Gasteiger partial charge in [0.05, 0.1) is 29.3 Å². The van der Waals surface area contributed by atoms with E-state index in [2.05, 4.69) is 14.9 Å². The number of hydrogen-bond donors (Lipinski definition) is 2. The Morgan fingerprint density at radius 2 is 1.78 bits per heavy atom. The number of hydrogen-bond acceptors (Lipinski definition) is 4. The highest BCUT2D eigenvalue weighted by Crippen LogP contribution is 2.32. The average Bonchev–Trinajstić information content (AvgIpc) is 3.17. The van der Waals surface area contributed by atoms with Gasteiger partial charge in [-0.05, 0) is 62.4 Å². The molecule has 0 amide bonds. The molecular weight excluding hydrogens is 387 g/mol. The van der Waals surface area contributed by atoms with Gasteiger partial charge in [-0.25, -0.2) is 4.98 Å². The summed E-state index contributed by atoms with van der Waals surface area (Å²) in [5.74, 6) is 0.771. The minimum absolute atomic E-state index is 0.0439. The molecule has 0 spiro atoms. The minimum Gasteiger partial charge on any atom is -0.341 e. The van der Waals surface area contributed by atoms with Crippen molar-refractivity contribution in [1.82, 2.24) is 19.9 Å². The van der Waals surface area contributed by atoms with Crippen LogP contribution in [0.15, 0.2) is 6.07 Å². The Kier molecular flexibility index (Phi) is 6.97. The Morgan fingerprint density at radius 1 is 1.00 bits per heavy atom. The number of rotatable bonds is 7. The first-order valence-electron chi connectivity index (χ1n) is 10.9. The monoisotopic (exact) mass is 409 g/mol. The van der Waals surface area contributed by atoms with Crippen molar-refractivity contribution in [3.05, 3.63) is 23.1 Å². The van der Waals surface area contributed by atoms with Gasteiger partial charge in [-0.1, -0.05) is 16.4 Å². The molecular formula is C21H21B6N5. The number of nitrogens with one attached hydrogen (secondary N) is 1. The van der Waals surface area contributed by atoms with E-state index in [9.17, 15) is 0 Å². The van der Waals surface area contributed by atoms with Gasteiger partial charge in [-0.3, -0.25) is 9.88 Å². The van der Waals surface area contributed by atoms with E-state index in [0.29, 0.717) is 45.9 Å². The quantitative estimate of drug-likeness (QED) is 0.313. The lowest BCUT2D eigenvalue weighted by Crippen LogP contribution is -2.47. The van der Waals surface area contributed by atoms with Gasteiger partial charge in [0.15, 0.2) is 0 Å². The molecule has 11 heteroatoms. The van der Waals surface area contributed by atoms with Gasteiger partial charge in [-0.2, -0.15) is 0 Å². The molecule has 12 radical (unpaired) electrons. The minimum atomic E-state index is 0.0439. The number of nitrogens with two attached hydrogens (primary N) is 1. The highest BCUT2D eigenvalue weighted by molar-refractivity contribution is 6.60. The Labute approximate surface area is 197 Å². The topological polar surface area (TPSA) is 70.8 Å². The van der Waals surface area contributed by atoms with E-state index in [1.54, 1.807) is 6.07 Å². The summed E-state index contributed by atoms with van der Waals surface area (Å²) in [5.41, 5.74) is 11.4. The van der Waals surface area contributed by atoms with Gasteiger partial charge in [0.2, 0.25) is 0 Å². The smallest absolute Gasteiger partial charge is 0.140 e. The number of unbranched alkanes of at least 4 members (excludes halogenated alkanes) is 1. The zero-order chi connectivity index (χ0) is 23.0. The zero-order valence-electron chi connectivity index (χ0n) is 18.2. The van der Waals surface area contributed by atoms with E-state index in [1.807, 2.05) is 0 Å². The van der Waals surface area contributed by atoms with Crippen molar-refractivity contribution in [3.8, 4) is 0 Å². The summed E-state index contributed by atoms with van der Waals surface area (Å²) in [6.07, 6.45) is 4.64. The van der Waals surface area contributed by atoms with E-state index in [-0.39, 0.29) is 11.6 Å². The Balaban J connectivity index is 1.70. The Hall–Kier alpha value is -1.85. The number of aromatic amines is 1. The average molecular weight is 408 g/mol. The fraction of sp³-hybridized carbons (Fsp3) is 0.429. The molecule has 0 saturated heterocycles. The second kappa shape index (κ2) is 9.56. The summed E-state index contributed by atoms with van der Waals surface area (Å²) < 4.78 is 0. The fourth-order valence-electron chi connectivity index (χ4n) is 4.53. The summed E-state index contributed by atoms with van der Waals surface area (Å²) >= 11 is 0. The summed E-state index contributed by atoms with van der Waals surface area (Å²) in [5, 5.41) is 0. The lowest BCUT2D eigenvalue weighted by molar-refractivity contribution is 0.160. The van der Waals surface area contributed by atoms with E-state index < -0.39 is 0 Å². The molecule has 2 heterocycles. The molecule has 0 saturated carbocycles. The van der Waals surface area contributed by atoms with Crippen LogP contribution in [0.5, 0.6) is 0 Å². The van der Waals surface area contributed by atoms with Crippen LogP contribution >= 0.6 is 0 Å². The summed E-state index contributed by atoms with van der Waals surface area (Å²) in [6.45, 7) is 2.03. The first-order chi connectivity index (χ1) is 15.3. The molecule has 2 aromatic heterocycles. The normalized spacial score (nSPS) is 16.0. The molecule has 1 aliphatic rings. The number of aromatic nitrogens is 3. The second-order valence-electron chi connectivity index (χ2n) is 8.44. The molecule has 3 N–H and O–H groups in total. The van der Waals surface area contributed by atoms with Crippen molar-refractivity contribution in [2.24, 2.45) is 5.73 Å². The standard InChI is InChI=1S/C21H21B6N5/c22-11-8-12-20(17(25)16(11)24)30-14(29-12)9-32(7-2-1-6-28)13-5-3-4-10-15(23)18(26)21(27)31-19(10)13/h8,13H,1-7,9,28H2,(H,29,30)/t13-/m0/s1. The molecule has 32 heavy (non-hydrogen) atoms. The van der Waals surface area contributed by atoms with E-state index in [4.69, 9.17) is 57.8 Å². The maximum absolute atomic E-state index is 6.30.